The van der Waals surface area contributed by atoms with Gasteiger partial charge in [-0.3, -0.25) is 11.3 Å². The van der Waals surface area contributed by atoms with Crippen molar-refractivity contribution in [2.75, 3.05) is 0 Å². The Balaban J connectivity index is 2.32. The van der Waals surface area contributed by atoms with Gasteiger partial charge in [0, 0.05) is 21.3 Å². The van der Waals surface area contributed by atoms with Crippen LogP contribution in [-0.4, -0.2) is 0 Å². The summed E-state index contributed by atoms with van der Waals surface area (Å²) in [5.74, 6) is 4.20. The van der Waals surface area contributed by atoms with Crippen molar-refractivity contribution in [2.24, 2.45) is 5.84 Å². The van der Waals surface area contributed by atoms with Crippen molar-refractivity contribution in [3.05, 3.63) is 55.1 Å². The molecule has 2 rings (SSSR count). The van der Waals surface area contributed by atoms with E-state index >= 15 is 0 Å². The van der Waals surface area contributed by atoms with Crippen molar-refractivity contribution < 1.29 is 8.78 Å². The second kappa shape index (κ2) is 6.28. The minimum Gasteiger partial charge on any atom is -0.271 e. The smallest absolute Gasteiger partial charge is 0.142 e. The van der Waals surface area contributed by atoms with Crippen LogP contribution in [0.5, 0.6) is 0 Å². The van der Waals surface area contributed by atoms with Crippen LogP contribution in [0.3, 0.4) is 0 Å². The molecule has 2 nitrogen and oxygen atoms in total. The molecule has 0 radical (unpaired) electrons. The summed E-state index contributed by atoms with van der Waals surface area (Å²) in [5, 5.41) is 1.67. The van der Waals surface area contributed by atoms with Crippen LogP contribution >= 0.6 is 38.9 Å². The van der Waals surface area contributed by atoms with Crippen LogP contribution < -0.4 is 11.3 Å². The molecule has 0 saturated heterocycles. The zero-order valence-corrected chi connectivity index (χ0v) is 12.7. The van der Waals surface area contributed by atoms with Crippen LogP contribution in [0.2, 0.25) is 5.02 Å². The van der Waals surface area contributed by atoms with Crippen LogP contribution in [0.15, 0.2) is 28.1 Å². The van der Waals surface area contributed by atoms with E-state index in [1.165, 1.54) is 11.3 Å². The lowest BCUT2D eigenvalue weighted by molar-refractivity contribution is 0.504. The van der Waals surface area contributed by atoms with Crippen LogP contribution in [0.4, 0.5) is 8.78 Å². The topological polar surface area (TPSA) is 38.0 Å². The largest absolute Gasteiger partial charge is 0.271 e. The second-order valence-electron chi connectivity index (χ2n) is 3.90. The van der Waals surface area contributed by atoms with Gasteiger partial charge < -0.3 is 0 Å². The number of thiophene rings is 1. The van der Waals surface area contributed by atoms with E-state index in [0.29, 0.717) is 6.42 Å². The number of nitrogens with one attached hydrogen (secondary N) is 1. The zero-order valence-electron chi connectivity index (χ0n) is 9.59. The van der Waals surface area contributed by atoms with Crippen molar-refractivity contribution in [1.82, 2.24) is 5.43 Å². The molecule has 0 aliphatic rings. The molecule has 0 saturated carbocycles. The summed E-state index contributed by atoms with van der Waals surface area (Å²) in [6.45, 7) is 0. The molecule has 19 heavy (non-hydrogen) atoms. The van der Waals surface area contributed by atoms with Crippen LogP contribution in [0, 0.1) is 11.6 Å². The van der Waals surface area contributed by atoms with E-state index < -0.39 is 17.7 Å². The van der Waals surface area contributed by atoms with Gasteiger partial charge in [-0.05, 0) is 39.5 Å². The molecule has 1 atom stereocenters. The van der Waals surface area contributed by atoms with Gasteiger partial charge in [-0.1, -0.05) is 11.6 Å². The maximum Gasteiger partial charge on any atom is 0.142 e. The van der Waals surface area contributed by atoms with Crippen LogP contribution in [0.25, 0.3) is 0 Å². The number of hydrogen-bond acceptors (Lipinski definition) is 3. The number of hydrazine groups is 1. The Morgan fingerprint density at radius 3 is 2.68 bits per heavy atom. The van der Waals surface area contributed by atoms with Crippen molar-refractivity contribution in [1.29, 1.82) is 0 Å². The fourth-order valence-corrected chi connectivity index (χ4v) is 3.43. The van der Waals surface area contributed by atoms with E-state index in [2.05, 4.69) is 21.4 Å². The van der Waals surface area contributed by atoms with E-state index in [1.807, 2.05) is 11.4 Å². The Bertz CT molecular complexity index is 591. The van der Waals surface area contributed by atoms with Gasteiger partial charge in [0.2, 0.25) is 0 Å². The first kappa shape index (κ1) is 14.9. The van der Waals surface area contributed by atoms with Gasteiger partial charge in [0.1, 0.15) is 11.6 Å². The predicted molar refractivity (Wildman–Crippen MR) is 77.2 cm³/mol. The summed E-state index contributed by atoms with van der Waals surface area (Å²) in [6.07, 6.45) is 0.451. The lowest BCUT2D eigenvalue weighted by Crippen LogP contribution is -2.30. The predicted octanol–water partition coefficient (Wildman–Crippen LogP) is 4.19. The Kier molecular flexibility index (Phi) is 4.92. The molecule has 3 N–H and O–H groups in total. The molecule has 1 heterocycles. The Hall–Kier alpha value is -0.530. The third-order valence-corrected chi connectivity index (χ3v) is 4.94. The third kappa shape index (κ3) is 3.32. The Morgan fingerprint density at radius 1 is 1.37 bits per heavy atom. The molecule has 1 unspecified atom stereocenters. The van der Waals surface area contributed by atoms with Crippen molar-refractivity contribution in [3.8, 4) is 0 Å². The van der Waals surface area contributed by atoms with Crippen LogP contribution in [0.1, 0.15) is 16.5 Å². The van der Waals surface area contributed by atoms with E-state index in [9.17, 15) is 8.78 Å². The van der Waals surface area contributed by atoms with Crippen molar-refractivity contribution in [2.45, 2.75) is 12.5 Å². The summed E-state index contributed by atoms with van der Waals surface area (Å²) >= 11 is 10.4. The highest BCUT2D eigenvalue weighted by Gasteiger charge is 2.19. The molecule has 1 aromatic carbocycles. The fourth-order valence-electron chi connectivity index (χ4n) is 1.72. The SMILES string of the molecule is NNC(Cc1sccc1Br)c1cc(F)c(Cl)cc1F. The molecule has 1 aromatic heterocycles. The van der Waals surface area contributed by atoms with Gasteiger partial charge in [0.15, 0.2) is 0 Å². The molecule has 0 amide bonds. The first-order valence-corrected chi connectivity index (χ1v) is 7.40. The monoisotopic (exact) mass is 366 g/mol. The van der Waals surface area contributed by atoms with Crippen LogP contribution in [-0.2, 0) is 6.42 Å². The van der Waals surface area contributed by atoms with E-state index in [1.54, 1.807) is 0 Å². The number of halogens is 4. The number of hydrogen-bond donors (Lipinski definition) is 2. The number of rotatable bonds is 4. The van der Waals surface area contributed by atoms with Crippen molar-refractivity contribution >= 4 is 38.9 Å². The molecule has 0 fully saturated rings. The van der Waals surface area contributed by atoms with E-state index in [-0.39, 0.29) is 10.6 Å². The molecular formula is C12H10BrClF2N2S. The summed E-state index contributed by atoms with van der Waals surface area (Å²) < 4.78 is 28.2. The van der Waals surface area contributed by atoms with Gasteiger partial charge in [0.05, 0.1) is 11.1 Å². The summed E-state index contributed by atoms with van der Waals surface area (Å²) in [7, 11) is 0. The quantitative estimate of drug-likeness (QED) is 0.483. The maximum absolute atomic E-state index is 13.8. The molecule has 2 aromatic rings. The lowest BCUT2D eigenvalue weighted by Gasteiger charge is -2.17. The highest BCUT2D eigenvalue weighted by Crippen LogP contribution is 2.30. The standard InChI is InChI=1S/C12H10BrClF2N2S/c13-7-1-2-19-12(7)5-11(18-17)6-3-10(16)8(14)4-9(6)15/h1-4,11,18H,5,17H2. The molecule has 0 spiro atoms. The molecular weight excluding hydrogens is 358 g/mol. The fraction of sp³-hybridized carbons (Fsp3) is 0.167. The first-order valence-electron chi connectivity index (χ1n) is 5.35. The molecule has 0 aliphatic carbocycles. The molecule has 0 bridgehead atoms. The molecule has 0 aliphatic heterocycles. The van der Waals surface area contributed by atoms with Crippen molar-refractivity contribution in [3.63, 3.8) is 0 Å². The Morgan fingerprint density at radius 2 is 2.11 bits per heavy atom. The lowest BCUT2D eigenvalue weighted by atomic mass is 10.0. The first-order chi connectivity index (χ1) is 9.02. The maximum atomic E-state index is 13.8. The second-order valence-corrected chi connectivity index (χ2v) is 6.17. The highest BCUT2D eigenvalue weighted by atomic mass is 79.9. The van der Waals surface area contributed by atoms with Gasteiger partial charge in [-0.2, -0.15) is 0 Å². The van der Waals surface area contributed by atoms with E-state index in [0.717, 1.165) is 21.5 Å². The molecule has 7 heteroatoms. The summed E-state index contributed by atoms with van der Waals surface area (Å²) in [6, 6.07) is 3.40. The van der Waals surface area contributed by atoms with Gasteiger partial charge in [0.25, 0.3) is 0 Å². The van der Waals surface area contributed by atoms with E-state index in [4.69, 9.17) is 17.4 Å². The average Bonchev–Trinajstić information content (AvgIpc) is 2.77. The minimum atomic E-state index is -0.663. The zero-order chi connectivity index (χ0) is 14.0. The summed E-state index contributed by atoms with van der Waals surface area (Å²) in [5.41, 5.74) is 2.66. The number of benzene rings is 1. The number of nitrogens with two attached hydrogens (primary N) is 1. The highest BCUT2D eigenvalue weighted by molar-refractivity contribution is 9.10. The summed E-state index contributed by atoms with van der Waals surface area (Å²) in [4.78, 5) is 0.998. The van der Waals surface area contributed by atoms with Gasteiger partial charge >= 0.3 is 0 Å². The Labute approximate surface area is 126 Å². The van der Waals surface area contributed by atoms with Gasteiger partial charge in [-0.15, -0.1) is 11.3 Å². The molecule has 102 valence electrons. The van der Waals surface area contributed by atoms with Gasteiger partial charge in [-0.25, -0.2) is 8.78 Å². The average molecular weight is 368 g/mol. The normalized spacial score (nSPS) is 12.7. The minimum absolute atomic E-state index is 0.157. The third-order valence-electron chi connectivity index (χ3n) is 2.70.